The molecule has 170 valence electrons. The van der Waals surface area contributed by atoms with Gasteiger partial charge in [0, 0.05) is 36.9 Å². The van der Waals surface area contributed by atoms with Crippen LogP contribution in [0.15, 0.2) is 48.7 Å². The number of aromatic nitrogens is 1. The van der Waals surface area contributed by atoms with Crippen LogP contribution in [0.3, 0.4) is 0 Å². The van der Waals surface area contributed by atoms with Crippen LogP contribution in [0.25, 0.3) is 6.08 Å². The Morgan fingerprint density at radius 3 is 2.56 bits per heavy atom. The van der Waals surface area contributed by atoms with Crippen molar-refractivity contribution in [2.75, 3.05) is 18.0 Å². The molecule has 2 aromatic rings. The molecule has 1 atom stereocenters. The van der Waals surface area contributed by atoms with E-state index in [-0.39, 0.29) is 6.04 Å². The molecule has 1 N–H and O–H groups in total. The predicted molar refractivity (Wildman–Crippen MR) is 125 cm³/mol. The minimum atomic E-state index is -1.03. The number of benzene rings is 1. The number of carbonyl (C=O) groups is 2. The fourth-order valence-electron chi connectivity index (χ4n) is 3.56. The van der Waals surface area contributed by atoms with Crippen LogP contribution >= 0.6 is 11.6 Å². The number of anilines is 1. The lowest BCUT2D eigenvalue weighted by Crippen LogP contribution is -2.45. The van der Waals surface area contributed by atoms with Gasteiger partial charge in [0.1, 0.15) is 11.4 Å². The lowest BCUT2D eigenvalue weighted by molar-refractivity contribution is -0.131. The topological polar surface area (TPSA) is 83.0 Å². The Bertz CT molecular complexity index is 968. The number of likely N-dealkylation sites (tertiary alicyclic amines) is 1. The van der Waals surface area contributed by atoms with Crippen LogP contribution in [0.2, 0.25) is 5.02 Å². The van der Waals surface area contributed by atoms with E-state index in [2.05, 4.69) is 9.88 Å². The third-order valence-corrected chi connectivity index (χ3v) is 5.21. The Morgan fingerprint density at radius 1 is 1.25 bits per heavy atom. The third-order valence-electron chi connectivity index (χ3n) is 4.96. The maximum Gasteiger partial charge on any atom is 0.416 e. The largest absolute Gasteiger partial charge is 0.478 e. The minimum Gasteiger partial charge on any atom is -0.478 e. The number of aliphatic carboxylic acids is 1. The number of pyridine rings is 1. The number of ether oxygens (including phenoxy) is 1. The molecule has 0 spiro atoms. The summed E-state index contributed by atoms with van der Waals surface area (Å²) >= 11 is 5.98. The molecule has 1 aliphatic rings. The summed E-state index contributed by atoms with van der Waals surface area (Å²) in [6, 6.07) is 11.1. The number of carbonyl (C=O) groups excluding carboxylic acids is 1. The first kappa shape index (κ1) is 23.8. The standard InChI is InChI=1S/C24H28ClN3O4/c1-24(2,3)32-23(31)28(21-10-6-17(14-26-21)7-11-22(29)30)20-12-13-27(16-20)15-18-4-8-19(25)9-5-18/h4-11,14,20H,12-13,15-16H2,1-3H3,(H,29,30)/t20-/m1/s1. The molecule has 0 radical (unpaired) electrons. The summed E-state index contributed by atoms with van der Waals surface area (Å²) in [6.45, 7) is 7.78. The highest BCUT2D eigenvalue weighted by Crippen LogP contribution is 2.26. The van der Waals surface area contributed by atoms with Crippen molar-refractivity contribution in [3.8, 4) is 0 Å². The molecule has 32 heavy (non-hydrogen) atoms. The van der Waals surface area contributed by atoms with E-state index in [1.807, 2.05) is 45.0 Å². The molecule has 7 nitrogen and oxygen atoms in total. The zero-order valence-electron chi connectivity index (χ0n) is 18.5. The maximum absolute atomic E-state index is 13.1. The van der Waals surface area contributed by atoms with Crippen LogP contribution in [0.1, 0.15) is 38.3 Å². The Labute approximate surface area is 193 Å². The van der Waals surface area contributed by atoms with Gasteiger partial charge in [-0.15, -0.1) is 0 Å². The second-order valence-electron chi connectivity index (χ2n) is 8.78. The summed E-state index contributed by atoms with van der Waals surface area (Å²) in [5.74, 6) is -0.554. The van der Waals surface area contributed by atoms with Crippen molar-refractivity contribution in [2.24, 2.45) is 0 Å². The van der Waals surface area contributed by atoms with Crippen molar-refractivity contribution >= 4 is 35.6 Å². The highest BCUT2D eigenvalue weighted by molar-refractivity contribution is 6.30. The van der Waals surface area contributed by atoms with Gasteiger partial charge in [-0.05, 0) is 68.7 Å². The van der Waals surface area contributed by atoms with E-state index in [1.165, 1.54) is 6.08 Å². The SMILES string of the molecule is CC(C)(C)OC(=O)N(c1ccc(C=CC(=O)O)cn1)[C@@H]1CCN(Cc2ccc(Cl)cc2)C1. The summed E-state index contributed by atoms with van der Waals surface area (Å²) in [6.07, 6.45) is 4.40. The Hall–Kier alpha value is -2.90. The molecule has 1 aromatic carbocycles. The summed E-state index contributed by atoms with van der Waals surface area (Å²) in [5, 5.41) is 9.50. The van der Waals surface area contributed by atoms with Crippen molar-refractivity contribution in [3.05, 3.63) is 64.8 Å². The van der Waals surface area contributed by atoms with Crippen molar-refractivity contribution in [1.29, 1.82) is 0 Å². The van der Waals surface area contributed by atoms with Gasteiger partial charge in [0.05, 0.1) is 6.04 Å². The fourth-order valence-corrected chi connectivity index (χ4v) is 3.69. The number of nitrogens with zero attached hydrogens (tertiary/aromatic N) is 3. The Morgan fingerprint density at radius 2 is 1.97 bits per heavy atom. The van der Waals surface area contributed by atoms with E-state index in [9.17, 15) is 9.59 Å². The van der Waals surface area contributed by atoms with Crippen molar-refractivity contribution in [3.63, 3.8) is 0 Å². The second kappa shape index (κ2) is 10.1. The van der Waals surface area contributed by atoms with Gasteiger partial charge in [-0.2, -0.15) is 0 Å². The molecular weight excluding hydrogens is 430 g/mol. The minimum absolute atomic E-state index is 0.0925. The summed E-state index contributed by atoms with van der Waals surface area (Å²) < 4.78 is 5.66. The van der Waals surface area contributed by atoms with Crippen molar-refractivity contribution in [2.45, 2.75) is 45.4 Å². The smallest absolute Gasteiger partial charge is 0.416 e. The quantitative estimate of drug-likeness (QED) is 0.624. The predicted octanol–water partition coefficient (Wildman–Crippen LogP) is 4.85. The first-order valence-electron chi connectivity index (χ1n) is 10.5. The molecule has 0 bridgehead atoms. The zero-order chi connectivity index (χ0) is 23.3. The average Bonchev–Trinajstić information content (AvgIpc) is 3.16. The number of hydrogen-bond acceptors (Lipinski definition) is 5. The lowest BCUT2D eigenvalue weighted by atomic mass is 10.2. The van der Waals surface area contributed by atoms with Crippen LogP contribution in [0, 0.1) is 0 Å². The molecule has 1 aliphatic heterocycles. The lowest BCUT2D eigenvalue weighted by Gasteiger charge is -2.31. The van der Waals surface area contributed by atoms with Gasteiger partial charge in [0.2, 0.25) is 0 Å². The van der Waals surface area contributed by atoms with Crippen molar-refractivity contribution < 1.29 is 19.4 Å². The van der Waals surface area contributed by atoms with Crippen LogP contribution < -0.4 is 4.90 Å². The van der Waals surface area contributed by atoms with E-state index in [4.69, 9.17) is 21.4 Å². The van der Waals surface area contributed by atoms with E-state index in [1.54, 1.807) is 23.2 Å². The highest BCUT2D eigenvalue weighted by Gasteiger charge is 2.35. The molecule has 1 fully saturated rings. The Kier molecular flexibility index (Phi) is 7.53. The zero-order valence-corrected chi connectivity index (χ0v) is 19.2. The van der Waals surface area contributed by atoms with Gasteiger partial charge in [-0.3, -0.25) is 9.80 Å². The first-order chi connectivity index (χ1) is 15.1. The molecule has 0 aliphatic carbocycles. The number of carboxylic acid groups (broad SMARTS) is 1. The van der Waals surface area contributed by atoms with E-state index in [0.29, 0.717) is 22.9 Å². The number of halogens is 1. The number of hydrogen-bond donors (Lipinski definition) is 1. The molecule has 2 heterocycles. The molecule has 0 unspecified atom stereocenters. The van der Waals surface area contributed by atoms with Gasteiger partial charge in [-0.1, -0.05) is 23.7 Å². The summed E-state index contributed by atoms with van der Waals surface area (Å²) in [5.41, 5.74) is 1.16. The fraction of sp³-hybridized carbons (Fsp3) is 0.375. The number of carboxylic acids is 1. The maximum atomic E-state index is 13.1. The van der Waals surface area contributed by atoms with Crippen LogP contribution in [0.4, 0.5) is 10.6 Å². The number of rotatable bonds is 6. The summed E-state index contributed by atoms with van der Waals surface area (Å²) in [7, 11) is 0. The molecule has 0 saturated carbocycles. The number of amides is 1. The third kappa shape index (κ3) is 6.80. The van der Waals surface area contributed by atoms with Gasteiger partial charge in [0.15, 0.2) is 0 Å². The molecule has 1 amide bonds. The van der Waals surface area contributed by atoms with Crippen LogP contribution in [0.5, 0.6) is 0 Å². The van der Waals surface area contributed by atoms with E-state index < -0.39 is 17.7 Å². The second-order valence-corrected chi connectivity index (χ2v) is 9.21. The molecular formula is C24H28ClN3O4. The van der Waals surface area contributed by atoms with Crippen LogP contribution in [-0.2, 0) is 16.1 Å². The highest BCUT2D eigenvalue weighted by atomic mass is 35.5. The Balaban J connectivity index is 1.78. The normalized spacial score (nSPS) is 16.9. The molecule has 1 aromatic heterocycles. The van der Waals surface area contributed by atoms with Crippen molar-refractivity contribution in [1.82, 2.24) is 9.88 Å². The monoisotopic (exact) mass is 457 g/mol. The van der Waals surface area contributed by atoms with Gasteiger partial charge >= 0.3 is 12.1 Å². The van der Waals surface area contributed by atoms with Gasteiger partial charge in [-0.25, -0.2) is 14.6 Å². The molecule has 8 heteroatoms. The molecule has 1 saturated heterocycles. The van der Waals surface area contributed by atoms with E-state index >= 15 is 0 Å². The average molecular weight is 458 g/mol. The first-order valence-corrected chi connectivity index (χ1v) is 10.8. The van der Waals surface area contributed by atoms with Gasteiger partial charge < -0.3 is 9.84 Å². The molecule has 3 rings (SSSR count). The van der Waals surface area contributed by atoms with Gasteiger partial charge in [0.25, 0.3) is 0 Å². The van der Waals surface area contributed by atoms with Crippen LogP contribution in [-0.4, -0.2) is 51.8 Å². The summed E-state index contributed by atoms with van der Waals surface area (Å²) in [4.78, 5) is 32.1. The van der Waals surface area contributed by atoms with E-state index in [0.717, 1.165) is 31.1 Å².